The number of nitrogens with one attached hydrogen (secondary N) is 1. The first kappa shape index (κ1) is 10.9. The highest BCUT2D eigenvalue weighted by Crippen LogP contribution is 2.26. The lowest BCUT2D eigenvalue weighted by Gasteiger charge is -2.06. The molecule has 0 aliphatic carbocycles. The molecule has 0 amide bonds. The number of hydrogen-bond donors (Lipinski definition) is 2. The molecule has 0 aliphatic rings. The fourth-order valence-corrected chi connectivity index (χ4v) is 2.52. The summed E-state index contributed by atoms with van der Waals surface area (Å²) in [5.41, 5.74) is 0. The first-order valence-corrected chi connectivity index (χ1v) is 6.18. The minimum Gasteiger partial charge on any atom is -0.508 e. The maximum atomic E-state index is 11.7. The Morgan fingerprint density at radius 1 is 1.19 bits per heavy atom. The van der Waals surface area contributed by atoms with E-state index in [0.29, 0.717) is 5.39 Å². The lowest BCUT2D eigenvalue weighted by molar-refractivity contribution is 0.476. The Morgan fingerprint density at radius 2 is 1.94 bits per heavy atom. The molecule has 0 radical (unpaired) electrons. The van der Waals surface area contributed by atoms with Crippen LogP contribution in [0.4, 0.5) is 0 Å². The van der Waals surface area contributed by atoms with Crippen molar-refractivity contribution >= 4 is 20.8 Å². The summed E-state index contributed by atoms with van der Waals surface area (Å²) in [6.45, 7) is 0. The van der Waals surface area contributed by atoms with Gasteiger partial charge in [0, 0.05) is 5.39 Å². The smallest absolute Gasteiger partial charge is 0.240 e. The summed E-state index contributed by atoms with van der Waals surface area (Å²) in [7, 11) is -2.14. The van der Waals surface area contributed by atoms with E-state index in [1.165, 1.54) is 25.2 Å². The van der Waals surface area contributed by atoms with Crippen molar-refractivity contribution in [2.24, 2.45) is 0 Å². The summed E-state index contributed by atoms with van der Waals surface area (Å²) >= 11 is 0. The van der Waals surface area contributed by atoms with Crippen molar-refractivity contribution in [1.82, 2.24) is 4.72 Å². The third-order valence-electron chi connectivity index (χ3n) is 2.38. The first-order valence-electron chi connectivity index (χ1n) is 4.70. The molecular formula is C11H11NO3S. The minimum absolute atomic E-state index is 0.0475. The Hall–Kier alpha value is -1.59. The number of aromatic hydroxyl groups is 1. The number of sulfonamides is 1. The summed E-state index contributed by atoms with van der Waals surface area (Å²) in [6.07, 6.45) is 0. The van der Waals surface area contributed by atoms with Crippen LogP contribution in [-0.4, -0.2) is 20.6 Å². The molecule has 2 aromatic rings. The lowest BCUT2D eigenvalue weighted by Crippen LogP contribution is -2.18. The van der Waals surface area contributed by atoms with E-state index in [1.54, 1.807) is 18.2 Å². The van der Waals surface area contributed by atoms with Crippen LogP contribution >= 0.6 is 0 Å². The second-order valence-corrected chi connectivity index (χ2v) is 5.22. The van der Waals surface area contributed by atoms with Crippen molar-refractivity contribution in [3.63, 3.8) is 0 Å². The predicted molar refractivity (Wildman–Crippen MR) is 61.9 cm³/mol. The van der Waals surface area contributed by atoms with E-state index in [1.807, 2.05) is 0 Å². The van der Waals surface area contributed by atoms with Gasteiger partial charge in [-0.15, -0.1) is 0 Å². The zero-order chi connectivity index (χ0) is 11.8. The fraction of sp³-hybridized carbons (Fsp3) is 0.0909. The second kappa shape index (κ2) is 3.77. The summed E-state index contributed by atoms with van der Waals surface area (Å²) in [5, 5.41) is 10.7. The van der Waals surface area contributed by atoms with Gasteiger partial charge in [0.1, 0.15) is 5.75 Å². The number of fused-ring (bicyclic) bond motifs is 1. The van der Waals surface area contributed by atoms with Gasteiger partial charge in [-0.05, 0) is 30.6 Å². The average molecular weight is 237 g/mol. The largest absolute Gasteiger partial charge is 0.508 e. The van der Waals surface area contributed by atoms with E-state index in [0.717, 1.165) is 5.39 Å². The van der Waals surface area contributed by atoms with Gasteiger partial charge in [-0.3, -0.25) is 0 Å². The standard InChI is InChI=1S/C11H11NO3S/c1-12-16(14,15)11-4-2-3-8-5-6-9(13)7-10(8)11/h2-7,12-13H,1H3. The van der Waals surface area contributed by atoms with E-state index >= 15 is 0 Å². The van der Waals surface area contributed by atoms with E-state index in [4.69, 9.17) is 0 Å². The van der Waals surface area contributed by atoms with E-state index in [2.05, 4.69) is 4.72 Å². The molecule has 2 N–H and O–H groups in total. The zero-order valence-electron chi connectivity index (χ0n) is 8.64. The van der Waals surface area contributed by atoms with Gasteiger partial charge in [0.2, 0.25) is 10.0 Å². The topological polar surface area (TPSA) is 66.4 Å². The van der Waals surface area contributed by atoms with Crippen molar-refractivity contribution in [3.8, 4) is 5.75 Å². The molecule has 2 rings (SSSR count). The molecule has 0 aromatic heterocycles. The summed E-state index contributed by atoms with van der Waals surface area (Å²) in [4.78, 5) is 0.170. The average Bonchev–Trinajstić information content (AvgIpc) is 2.28. The fourth-order valence-electron chi connectivity index (χ4n) is 1.58. The third kappa shape index (κ3) is 1.75. The van der Waals surface area contributed by atoms with Crippen molar-refractivity contribution in [2.45, 2.75) is 4.90 Å². The van der Waals surface area contributed by atoms with E-state index < -0.39 is 10.0 Å². The molecule has 0 aliphatic heterocycles. The van der Waals surface area contributed by atoms with E-state index in [-0.39, 0.29) is 10.6 Å². The Labute approximate surface area is 93.6 Å². The molecule has 2 aromatic carbocycles. The molecule has 0 unspecified atom stereocenters. The van der Waals surface area contributed by atoms with Crippen molar-refractivity contribution in [1.29, 1.82) is 0 Å². The maximum absolute atomic E-state index is 11.7. The number of hydrogen-bond acceptors (Lipinski definition) is 3. The van der Waals surface area contributed by atoms with Gasteiger partial charge < -0.3 is 5.11 Å². The zero-order valence-corrected chi connectivity index (χ0v) is 9.45. The summed E-state index contributed by atoms with van der Waals surface area (Å²) in [5.74, 6) is 0.0475. The highest BCUT2D eigenvalue weighted by Gasteiger charge is 2.14. The normalized spacial score (nSPS) is 11.8. The Balaban J connectivity index is 2.85. The van der Waals surface area contributed by atoms with Gasteiger partial charge in [-0.2, -0.15) is 0 Å². The SMILES string of the molecule is CNS(=O)(=O)c1cccc2ccc(O)cc12. The van der Waals surface area contributed by atoms with Gasteiger partial charge in [0.15, 0.2) is 0 Å². The van der Waals surface area contributed by atoms with Crippen LogP contribution in [0.1, 0.15) is 0 Å². The monoisotopic (exact) mass is 237 g/mol. The van der Waals surface area contributed by atoms with Crippen LogP contribution in [0, 0.1) is 0 Å². The van der Waals surface area contributed by atoms with Gasteiger partial charge in [-0.1, -0.05) is 18.2 Å². The van der Waals surface area contributed by atoms with Gasteiger partial charge >= 0.3 is 0 Å². The molecular weight excluding hydrogens is 226 g/mol. The third-order valence-corrected chi connectivity index (χ3v) is 3.86. The molecule has 0 fully saturated rings. The Morgan fingerprint density at radius 3 is 2.62 bits per heavy atom. The number of phenolic OH excluding ortho intramolecular Hbond substituents is 1. The molecule has 0 bridgehead atoms. The molecule has 0 saturated carbocycles. The van der Waals surface area contributed by atoms with Crippen molar-refractivity contribution in [3.05, 3.63) is 36.4 Å². The molecule has 0 saturated heterocycles. The highest BCUT2D eigenvalue weighted by molar-refractivity contribution is 7.89. The molecule has 0 heterocycles. The molecule has 0 atom stereocenters. The summed E-state index contributed by atoms with van der Waals surface area (Å²) < 4.78 is 25.7. The van der Waals surface area contributed by atoms with Crippen molar-refractivity contribution in [2.75, 3.05) is 7.05 Å². The quantitative estimate of drug-likeness (QED) is 0.830. The van der Waals surface area contributed by atoms with Crippen LogP contribution in [0.25, 0.3) is 10.8 Å². The maximum Gasteiger partial charge on any atom is 0.240 e. The van der Waals surface area contributed by atoms with Gasteiger partial charge in [0.25, 0.3) is 0 Å². The molecule has 0 spiro atoms. The highest BCUT2D eigenvalue weighted by atomic mass is 32.2. The van der Waals surface area contributed by atoms with Gasteiger partial charge in [0.05, 0.1) is 4.90 Å². The lowest BCUT2D eigenvalue weighted by atomic mass is 10.1. The number of phenols is 1. The van der Waals surface area contributed by atoms with Crippen LogP contribution in [-0.2, 0) is 10.0 Å². The summed E-state index contributed by atoms with van der Waals surface area (Å²) in [6, 6.07) is 9.62. The molecule has 5 heteroatoms. The molecule has 16 heavy (non-hydrogen) atoms. The van der Waals surface area contributed by atoms with E-state index in [9.17, 15) is 13.5 Å². The number of rotatable bonds is 2. The first-order chi connectivity index (χ1) is 7.54. The van der Waals surface area contributed by atoms with Gasteiger partial charge in [-0.25, -0.2) is 13.1 Å². The minimum atomic E-state index is -3.50. The van der Waals surface area contributed by atoms with Crippen LogP contribution < -0.4 is 4.72 Å². The molecule has 4 nitrogen and oxygen atoms in total. The Kier molecular flexibility index (Phi) is 2.57. The Bertz CT molecular complexity index is 635. The van der Waals surface area contributed by atoms with Crippen LogP contribution in [0.15, 0.2) is 41.3 Å². The second-order valence-electron chi connectivity index (χ2n) is 3.37. The predicted octanol–water partition coefficient (Wildman–Crippen LogP) is 1.45. The van der Waals surface area contributed by atoms with Crippen LogP contribution in [0.3, 0.4) is 0 Å². The van der Waals surface area contributed by atoms with Crippen LogP contribution in [0.5, 0.6) is 5.75 Å². The van der Waals surface area contributed by atoms with Crippen molar-refractivity contribution < 1.29 is 13.5 Å². The molecule has 84 valence electrons. The number of benzene rings is 2. The van der Waals surface area contributed by atoms with Crippen LogP contribution in [0.2, 0.25) is 0 Å².